The number of imidazole rings is 1. The molecule has 10 nitrogen and oxygen atoms in total. The van der Waals surface area contributed by atoms with E-state index >= 15 is 0 Å². The number of nitrogens with zero attached hydrogens (tertiary/aromatic N) is 7. The normalized spacial score (nSPS) is 19.1. The molecule has 0 bridgehead atoms. The number of fused-ring (bicyclic) bond motifs is 1. The molecule has 13 heteroatoms. The fourth-order valence-corrected chi connectivity index (χ4v) is 5.32. The number of nitrogens with one attached hydrogen (secondary N) is 3. The summed E-state index contributed by atoms with van der Waals surface area (Å²) >= 11 is 0. The lowest BCUT2D eigenvalue weighted by Crippen LogP contribution is -2.28. The summed E-state index contributed by atoms with van der Waals surface area (Å²) in [6, 6.07) is 5.85. The van der Waals surface area contributed by atoms with Crippen molar-refractivity contribution in [2.45, 2.75) is 51.1 Å². The number of hydrogen-bond acceptors (Lipinski definition) is 7. The Bertz CT molecular complexity index is 1560. The lowest BCUT2D eigenvalue weighted by Gasteiger charge is -2.21. The van der Waals surface area contributed by atoms with Gasteiger partial charge in [-0.05, 0) is 62.4 Å². The highest BCUT2D eigenvalue weighted by Gasteiger charge is 2.33. The maximum Gasteiger partial charge on any atom is 0.434 e. The molecule has 3 N–H and O–H groups in total. The van der Waals surface area contributed by atoms with Crippen molar-refractivity contribution in [1.29, 1.82) is 0 Å². The molecule has 2 aliphatic heterocycles. The number of aromatic nitrogens is 8. The largest absolute Gasteiger partial charge is 0.434 e. The topological polar surface area (TPSA) is 114 Å². The molecule has 0 saturated carbocycles. The second-order valence-corrected chi connectivity index (χ2v) is 10.3. The van der Waals surface area contributed by atoms with Gasteiger partial charge in [0.1, 0.15) is 5.69 Å². The third kappa shape index (κ3) is 6.52. The molecule has 2 aliphatic rings. The number of alkyl halides is 3. The number of aromatic amines is 1. The van der Waals surface area contributed by atoms with E-state index in [2.05, 4.69) is 52.9 Å². The Labute approximate surface area is 241 Å². The minimum absolute atomic E-state index is 0. The summed E-state index contributed by atoms with van der Waals surface area (Å²) in [6.45, 7) is 4.26. The van der Waals surface area contributed by atoms with E-state index in [0.717, 1.165) is 56.5 Å². The zero-order chi connectivity index (χ0) is 28.2. The quantitative estimate of drug-likeness (QED) is 0.275. The number of piperidine rings is 2. The Morgan fingerprint density at radius 1 is 0.905 bits per heavy atom. The first kappa shape index (κ1) is 29.4. The Morgan fingerprint density at radius 3 is 2.38 bits per heavy atom. The molecule has 5 aromatic rings. The molecule has 7 rings (SSSR count). The average Bonchev–Trinajstić information content (AvgIpc) is 3.79. The Kier molecular flexibility index (Phi) is 8.97. The van der Waals surface area contributed by atoms with Gasteiger partial charge in [-0.1, -0.05) is 7.43 Å². The zero-order valence-electron chi connectivity index (χ0n) is 22.3. The number of halogens is 3. The van der Waals surface area contributed by atoms with E-state index in [9.17, 15) is 13.2 Å². The molecule has 0 aromatic carbocycles. The number of H-pyrrole nitrogens is 1. The zero-order valence-corrected chi connectivity index (χ0v) is 22.3. The first-order valence-electron chi connectivity index (χ1n) is 13.8. The van der Waals surface area contributed by atoms with Gasteiger partial charge in [-0.25, -0.2) is 24.6 Å². The van der Waals surface area contributed by atoms with Crippen LogP contribution >= 0.6 is 0 Å². The number of rotatable bonds is 4. The van der Waals surface area contributed by atoms with Crippen LogP contribution in [0.2, 0.25) is 0 Å². The van der Waals surface area contributed by atoms with Crippen LogP contribution in [-0.4, -0.2) is 65.3 Å². The standard InChI is InChI=1S/C19H17F3N8.C9H14N2.CH4/c20-19(21,22)15-11-29-14(9-26-17(29)10-25-15)18-24-6-3-16(27-18)30-7-4-13(28-30)12-2-1-5-23-8-12;1-2-8(6-10-4-1)9-3-5-11-7-9;/h3-4,6-7,9-12,23H,1-2,5,8H2;3,5,7-8,10-11H,1-2,4,6H2;1H4. The van der Waals surface area contributed by atoms with Crippen molar-refractivity contribution in [3.05, 3.63) is 78.5 Å². The third-order valence-electron chi connectivity index (χ3n) is 7.51. The fourth-order valence-electron chi connectivity index (χ4n) is 5.32. The number of hydrogen-bond donors (Lipinski definition) is 3. The lowest BCUT2D eigenvalue weighted by atomic mass is 9.94. The van der Waals surface area contributed by atoms with Crippen molar-refractivity contribution < 1.29 is 13.2 Å². The van der Waals surface area contributed by atoms with Gasteiger partial charge in [0.25, 0.3) is 0 Å². The van der Waals surface area contributed by atoms with Crippen LogP contribution in [-0.2, 0) is 6.18 Å². The summed E-state index contributed by atoms with van der Waals surface area (Å²) in [5, 5.41) is 11.4. The first-order chi connectivity index (χ1) is 20.0. The fraction of sp³-hybridized carbons (Fsp3) is 0.414. The van der Waals surface area contributed by atoms with E-state index in [-0.39, 0.29) is 18.9 Å². The lowest BCUT2D eigenvalue weighted by molar-refractivity contribution is -0.141. The van der Waals surface area contributed by atoms with Crippen molar-refractivity contribution in [3.63, 3.8) is 0 Å². The van der Waals surface area contributed by atoms with Crippen LogP contribution < -0.4 is 10.6 Å². The van der Waals surface area contributed by atoms with E-state index in [1.54, 1.807) is 16.9 Å². The molecule has 0 aliphatic carbocycles. The highest BCUT2D eigenvalue weighted by atomic mass is 19.4. The molecule has 42 heavy (non-hydrogen) atoms. The molecule has 2 saturated heterocycles. The van der Waals surface area contributed by atoms with Crippen molar-refractivity contribution >= 4 is 5.65 Å². The predicted octanol–water partition coefficient (Wildman–Crippen LogP) is 4.98. The van der Waals surface area contributed by atoms with E-state index in [1.807, 2.05) is 18.5 Å². The second-order valence-electron chi connectivity index (χ2n) is 10.3. The van der Waals surface area contributed by atoms with E-state index in [0.29, 0.717) is 17.4 Å². The highest BCUT2D eigenvalue weighted by Crippen LogP contribution is 2.29. The summed E-state index contributed by atoms with van der Waals surface area (Å²) in [4.78, 5) is 19.4. The molecule has 2 atom stereocenters. The molecule has 0 amide bonds. The molecular formula is C29H35F3N10. The van der Waals surface area contributed by atoms with E-state index < -0.39 is 11.9 Å². The molecular weight excluding hydrogens is 545 g/mol. The smallest absolute Gasteiger partial charge is 0.367 e. The van der Waals surface area contributed by atoms with Gasteiger partial charge in [0.2, 0.25) is 0 Å². The predicted molar refractivity (Wildman–Crippen MR) is 153 cm³/mol. The van der Waals surface area contributed by atoms with Crippen LogP contribution in [0.15, 0.2) is 61.6 Å². The monoisotopic (exact) mass is 580 g/mol. The van der Waals surface area contributed by atoms with Gasteiger partial charge in [0, 0.05) is 56.1 Å². The molecule has 5 aromatic heterocycles. The van der Waals surface area contributed by atoms with Crippen LogP contribution in [0.3, 0.4) is 0 Å². The molecule has 222 valence electrons. The maximum atomic E-state index is 13.1. The van der Waals surface area contributed by atoms with Gasteiger partial charge in [0.05, 0.1) is 18.1 Å². The minimum atomic E-state index is -4.56. The van der Waals surface area contributed by atoms with Gasteiger partial charge in [0.15, 0.2) is 23.0 Å². The molecule has 0 radical (unpaired) electrons. The van der Waals surface area contributed by atoms with Crippen LogP contribution in [0, 0.1) is 0 Å². The van der Waals surface area contributed by atoms with Crippen LogP contribution in [0.25, 0.3) is 23.0 Å². The summed E-state index contributed by atoms with van der Waals surface area (Å²) in [7, 11) is 0. The maximum absolute atomic E-state index is 13.1. The van der Waals surface area contributed by atoms with Crippen LogP contribution in [0.1, 0.15) is 61.9 Å². The summed E-state index contributed by atoms with van der Waals surface area (Å²) < 4.78 is 42.1. The van der Waals surface area contributed by atoms with Gasteiger partial charge < -0.3 is 15.6 Å². The first-order valence-corrected chi connectivity index (χ1v) is 13.8. The molecule has 2 unspecified atom stereocenters. The van der Waals surface area contributed by atoms with E-state index in [4.69, 9.17) is 0 Å². The third-order valence-corrected chi connectivity index (χ3v) is 7.51. The van der Waals surface area contributed by atoms with Crippen molar-refractivity contribution in [1.82, 2.24) is 49.7 Å². The second kappa shape index (κ2) is 12.8. The molecule has 7 heterocycles. The summed E-state index contributed by atoms with van der Waals surface area (Å²) in [6.07, 6.45) is 11.2. The van der Waals surface area contributed by atoms with Gasteiger partial charge in [-0.15, -0.1) is 0 Å². The van der Waals surface area contributed by atoms with Gasteiger partial charge in [-0.3, -0.25) is 4.40 Å². The summed E-state index contributed by atoms with van der Waals surface area (Å²) in [5.41, 5.74) is 2.04. The Balaban J connectivity index is 0.000000247. The van der Waals surface area contributed by atoms with Crippen molar-refractivity contribution in [3.8, 4) is 17.3 Å². The molecule has 2 fully saturated rings. The highest BCUT2D eigenvalue weighted by molar-refractivity contribution is 5.57. The van der Waals surface area contributed by atoms with Crippen LogP contribution in [0.5, 0.6) is 0 Å². The van der Waals surface area contributed by atoms with Gasteiger partial charge >= 0.3 is 6.18 Å². The van der Waals surface area contributed by atoms with Crippen molar-refractivity contribution in [2.24, 2.45) is 0 Å². The van der Waals surface area contributed by atoms with Gasteiger partial charge in [-0.2, -0.15) is 18.3 Å². The van der Waals surface area contributed by atoms with Crippen molar-refractivity contribution in [2.75, 3.05) is 26.2 Å². The Morgan fingerprint density at radius 2 is 1.69 bits per heavy atom. The average molecular weight is 581 g/mol. The Hall–Kier alpha value is -4.10. The van der Waals surface area contributed by atoms with Crippen LogP contribution in [0.4, 0.5) is 13.2 Å². The molecule has 0 spiro atoms. The van der Waals surface area contributed by atoms with E-state index in [1.165, 1.54) is 35.5 Å². The summed E-state index contributed by atoms with van der Waals surface area (Å²) in [5.74, 6) is 1.87. The minimum Gasteiger partial charge on any atom is -0.367 e. The SMILES string of the molecule is C.FC(F)(F)c1cn2c(-c3nccc(-n4ccc(C5CCCNC5)n4)n3)cnc2cn1.c1cc(C2CCCNC2)c[nH]1.